The van der Waals surface area contributed by atoms with Crippen LogP contribution in [0.1, 0.15) is 0 Å². The average Bonchev–Trinajstić information content (AvgIpc) is 2.15. The molecule has 0 saturated heterocycles. The van der Waals surface area contributed by atoms with Gasteiger partial charge in [0.15, 0.2) is 11.7 Å². The number of aliphatic imine (C=N–C) groups is 2. The minimum absolute atomic E-state index is 0.182. The van der Waals surface area contributed by atoms with Gasteiger partial charge in [0, 0.05) is 6.07 Å². The molecule has 1 aromatic rings. The molecule has 0 fully saturated rings. The molecule has 8 heteroatoms. The van der Waals surface area contributed by atoms with Crippen molar-refractivity contribution >= 4 is 33.5 Å². The first-order valence-corrected chi connectivity index (χ1v) is 5.20. The molecule has 0 spiro atoms. The quantitative estimate of drug-likeness (QED) is 0.554. The molecule has 0 bridgehead atoms. The van der Waals surface area contributed by atoms with Crippen LogP contribution in [0.3, 0.4) is 0 Å². The topological polar surface area (TPSA) is 112 Å². The van der Waals surface area contributed by atoms with E-state index < -0.39 is 5.82 Å². The van der Waals surface area contributed by atoms with Gasteiger partial charge in [-0.3, -0.25) is 0 Å². The lowest BCUT2D eigenvalue weighted by Gasteiger charge is -2.07. The first kappa shape index (κ1) is 13.2. The van der Waals surface area contributed by atoms with Crippen molar-refractivity contribution in [3.63, 3.8) is 0 Å². The van der Waals surface area contributed by atoms with Crippen LogP contribution in [0.15, 0.2) is 26.6 Å². The van der Waals surface area contributed by atoms with Crippen LogP contribution in [0.4, 0.5) is 10.1 Å². The molecular formula is C9H11BrFN5O. The zero-order valence-electron chi connectivity index (χ0n) is 8.95. The Morgan fingerprint density at radius 1 is 1.35 bits per heavy atom. The third-order valence-electron chi connectivity index (χ3n) is 1.67. The molecule has 0 unspecified atom stereocenters. The van der Waals surface area contributed by atoms with Crippen LogP contribution in [0, 0.1) is 5.82 Å². The summed E-state index contributed by atoms with van der Waals surface area (Å²) in [6.07, 6.45) is 0. The summed E-state index contributed by atoms with van der Waals surface area (Å²) in [4.78, 5) is 7.36. The first-order valence-electron chi connectivity index (χ1n) is 4.41. The highest BCUT2D eigenvalue weighted by atomic mass is 79.9. The molecule has 6 nitrogen and oxygen atoms in total. The smallest absolute Gasteiger partial charge is 0.223 e. The molecule has 0 atom stereocenters. The Hall–Kier alpha value is -1.83. The van der Waals surface area contributed by atoms with Gasteiger partial charge in [-0.25, -0.2) is 9.38 Å². The number of rotatable bonds is 2. The summed E-state index contributed by atoms with van der Waals surface area (Å²) in [5.74, 6) is -0.587. The van der Waals surface area contributed by atoms with Crippen LogP contribution in [0.25, 0.3) is 0 Å². The van der Waals surface area contributed by atoms with Gasteiger partial charge in [-0.1, -0.05) is 0 Å². The molecular weight excluding hydrogens is 293 g/mol. The molecule has 0 aromatic heterocycles. The lowest BCUT2D eigenvalue weighted by atomic mass is 10.3. The van der Waals surface area contributed by atoms with Crippen molar-refractivity contribution in [1.82, 2.24) is 0 Å². The van der Waals surface area contributed by atoms with E-state index in [1.807, 2.05) is 0 Å². The number of guanidine groups is 2. The van der Waals surface area contributed by atoms with Gasteiger partial charge in [-0.2, -0.15) is 4.99 Å². The highest BCUT2D eigenvalue weighted by Crippen LogP contribution is 2.36. The number of hydrogen-bond acceptors (Lipinski definition) is 2. The maximum atomic E-state index is 13.2. The SMILES string of the molecule is COc1c(Br)cc(F)cc1N=C(N)N=C(N)N. The van der Waals surface area contributed by atoms with Crippen LogP contribution < -0.4 is 21.9 Å². The molecule has 92 valence electrons. The zero-order valence-corrected chi connectivity index (χ0v) is 10.5. The predicted molar refractivity (Wildman–Crippen MR) is 67.7 cm³/mol. The largest absolute Gasteiger partial charge is 0.493 e. The van der Waals surface area contributed by atoms with Gasteiger partial charge in [0.25, 0.3) is 0 Å². The maximum absolute atomic E-state index is 13.2. The van der Waals surface area contributed by atoms with E-state index in [9.17, 15) is 4.39 Å². The number of nitrogens with two attached hydrogens (primary N) is 3. The molecule has 0 saturated carbocycles. The van der Waals surface area contributed by atoms with E-state index in [1.165, 1.54) is 13.2 Å². The van der Waals surface area contributed by atoms with Gasteiger partial charge in [0.2, 0.25) is 5.96 Å². The minimum Gasteiger partial charge on any atom is -0.493 e. The third-order valence-corrected chi connectivity index (χ3v) is 2.26. The molecule has 1 rings (SSSR count). The Labute approximate surface area is 105 Å². The summed E-state index contributed by atoms with van der Waals surface area (Å²) in [6.45, 7) is 0. The Balaban J connectivity index is 3.26. The molecule has 0 radical (unpaired) electrons. The van der Waals surface area contributed by atoms with Gasteiger partial charge < -0.3 is 21.9 Å². The second kappa shape index (κ2) is 5.48. The number of hydrogen-bond donors (Lipinski definition) is 3. The Bertz CT molecular complexity index is 485. The van der Waals surface area contributed by atoms with Gasteiger partial charge in [0.05, 0.1) is 11.6 Å². The van der Waals surface area contributed by atoms with E-state index in [2.05, 4.69) is 25.9 Å². The summed E-state index contributed by atoms with van der Waals surface area (Å²) in [6, 6.07) is 2.40. The fraction of sp³-hybridized carbons (Fsp3) is 0.111. The fourth-order valence-corrected chi connectivity index (χ4v) is 1.70. The minimum atomic E-state index is -0.492. The van der Waals surface area contributed by atoms with Gasteiger partial charge in [0.1, 0.15) is 11.5 Å². The Kier molecular flexibility index (Phi) is 4.27. The van der Waals surface area contributed by atoms with Crippen LogP contribution in [0.2, 0.25) is 0 Å². The summed E-state index contributed by atoms with van der Waals surface area (Å²) < 4.78 is 18.6. The van der Waals surface area contributed by atoms with E-state index in [0.717, 1.165) is 6.07 Å². The lowest BCUT2D eigenvalue weighted by Crippen LogP contribution is -2.26. The molecule has 6 N–H and O–H groups in total. The van der Waals surface area contributed by atoms with E-state index in [0.29, 0.717) is 10.2 Å². The Morgan fingerprint density at radius 2 is 2.00 bits per heavy atom. The van der Waals surface area contributed by atoms with Crippen molar-refractivity contribution in [1.29, 1.82) is 0 Å². The van der Waals surface area contributed by atoms with Crippen molar-refractivity contribution in [2.45, 2.75) is 0 Å². The van der Waals surface area contributed by atoms with Crippen LogP contribution in [-0.2, 0) is 0 Å². The molecule has 0 aliphatic carbocycles. The highest BCUT2D eigenvalue weighted by Gasteiger charge is 2.10. The number of benzene rings is 1. The normalized spacial score (nSPS) is 11.1. The van der Waals surface area contributed by atoms with E-state index >= 15 is 0 Å². The van der Waals surface area contributed by atoms with Crippen LogP contribution in [0.5, 0.6) is 5.75 Å². The van der Waals surface area contributed by atoms with Crippen molar-refractivity contribution in [3.8, 4) is 5.75 Å². The monoisotopic (exact) mass is 303 g/mol. The highest BCUT2D eigenvalue weighted by molar-refractivity contribution is 9.10. The Morgan fingerprint density at radius 3 is 2.53 bits per heavy atom. The van der Waals surface area contributed by atoms with E-state index in [4.69, 9.17) is 21.9 Å². The molecule has 1 aromatic carbocycles. The molecule has 17 heavy (non-hydrogen) atoms. The number of ether oxygens (including phenoxy) is 1. The second-order valence-corrected chi connectivity index (χ2v) is 3.80. The number of methoxy groups -OCH3 is 1. The predicted octanol–water partition coefficient (Wildman–Crippen LogP) is 0.816. The summed E-state index contributed by atoms with van der Waals surface area (Å²) in [5.41, 5.74) is 15.9. The zero-order chi connectivity index (χ0) is 13.0. The summed E-state index contributed by atoms with van der Waals surface area (Å²) in [7, 11) is 1.42. The first-order chi connectivity index (χ1) is 7.93. The lowest BCUT2D eigenvalue weighted by molar-refractivity contribution is 0.412. The maximum Gasteiger partial charge on any atom is 0.223 e. The third kappa shape index (κ3) is 3.59. The molecule has 0 aliphatic rings. The molecule has 0 heterocycles. The number of halogens is 2. The van der Waals surface area contributed by atoms with Gasteiger partial charge in [-0.05, 0) is 22.0 Å². The average molecular weight is 304 g/mol. The number of nitrogens with zero attached hydrogens (tertiary/aromatic N) is 2. The van der Waals surface area contributed by atoms with E-state index in [1.54, 1.807) is 0 Å². The molecule has 0 aliphatic heterocycles. The van der Waals surface area contributed by atoms with Crippen LogP contribution >= 0.6 is 15.9 Å². The van der Waals surface area contributed by atoms with Gasteiger partial charge >= 0.3 is 0 Å². The summed E-state index contributed by atoms with van der Waals surface area (Å²) >= 11 is 3.14. The molecule has 0 amide bonds. The van der Waals surface area contributed by atoms with Crippen molar-refractivity contribution in [2.24, 2.45) is 27.2 Å². The van der Waals surface area contributed by atoms with Crippen molar-refractivity contribution < 1.29 is 9.13 Å². The van der Waals surface area contributed by atoms with Crippen LogP contribution in [-0.4, -0.2) is 19.0 Å². The summed E-state index contributed by atoms with van der Waals surface area (Å²) in [5, 5.41) is 0. The fourth-order valence-electron chi connectivity index (χ4n) is 1.11. The van der Waals surface area contributed by atoms with E-state index in [-0.39, 0.29) is 17.6 Å². The van der Waals surface area contributed by atoms with Crippen molar-refractivity contribution in [3.05, 3.63) is 22.4 Å². The standard InChI is InChI=1S/C9H11BrFN5O/c1-17-7-5(10)2-4(11)3-6(7)15-9(14)16-8(12)13/h2-3H,1H3,(H6,12,13,14,15,16). The van der Waals surface area contributed by atoms with Gasteiger partial charge in [-0.15, -0.1) is 0 Å². The second-order valence-electron chi connectivity index (χ2n) is 2.95. The van der Waals surface area contributed by atoms with Crippen molar-refractivity contribution in [2.75, 3.05) is 7.11 Å².